The number of halogens is 1. The van der Waals surface area contributed by atoms with Crippen LogP contribution >= 0.6 is 0 Å². The van der Waals surface area contributed by atoms with Crippen LogP contribution in [0.5, 0.6) is 5.75 Å². The average Bonchev–Trinajstić information content (AvgIpc) is 3.20. The van der Waals surface area contributed by atoms with Crippen molar-refractivity contribution < 1.29 is 23.4 Å². The summed E-state index contributed by atoms with van der Waals surface area (Å²) in [6.45, 7) is 0.290. The highest BCUT2D eigenvalue weighted by Gasteiger charge is 2.18. The minimum absolute atomic E-state index is 0.0767. The Bertz CT molecular complexity index is 937. The van der Waals surface area contributed by atoms with Gasteiger partial charge in [0.1, 0.15) is 18.2 Å². The van der Waals surface area contributed by atoms with Gasteiger partial charge in [-0.1, -0.05) is 6.07 Å². The van der Waals surface area contributed by atoms with Crippen LogP contribution in [0.4, 0.5) is 4.39 Å². The van der Waals surface area contributed by atoms with Crippen LogP contribution in [0.1, 0.15) is 21.5 Å². The Kier molecular flexibility index (Phi) is 4.41. The molecule has 2 aromatic carbocycles. The Morgan fingerprint density at radius 2 is 2.00 bits per heavy atom. The van der Waals surface area contributed by atoms with E-state index in [4.69, 9.17) is 14.2 Å². The molecule has 1 aliphatic heterocycles. The second kappa shape index (κ2) is 7.01. The summed E-state index contributed by atoms with van der Waals surface area (Å²) >= 11 is 0. The van der Waals surface area contributed by atoms with Crippen LogP contribution in [-0.4, -0.2) is 17.3 Å². The topological polar surface area (TPSA) is 49.7 Å². The first-order valence-electron chi connectivity index (χ1n) is 8.13. The highest BCUT2D eigenvalue weighted by molar-refractivity contribution is 5.90. The lowest BCUT2D eigenvalue weighted by molar-refractivity contribution is -0.0182. The van der Waals surface area contributed by atoms with Crippen molar-refractivity contribution >= 4 is 5.97 Å². The van der Waals surface area contributed by atoms with Crippen LogP contribution in [0.25, 0.3) is 5.69 Å². The third kappa shape index (κ3) is 3.32. The molecule has 1 aliphatic rings. The molecule has 0 amide bonds. The van der Waals surface area contributed by atoms with Crippen molar-refractivity contribution in [2.75, 3.05) is 6.79 Å². The summed E-state index contributed by atoms with van der Waals surface area (Å²) in [5.41, 5.74) is 2.37. The van der Waals surface area contributed by atoms with Crippen molar-refractivity contribution in [3.8, 4) is 11.4 Å². The molecule has 5 nitrogen and oxygen atoms in total. The number of benzene rings is 2. The minimum Gasteiger partial charge on any atom is -0.467 e. The number of aromatic nitrogens is 1. The van der Waals surface area contributed by atoms with E-state index in [-0.39, 0.29) is 20.0 Å². The summed E-state index contributed by atoms with van der Waals surface area (Å²) in [6, 6.07) is 13.6. The predicted octanol–water partition coefficient (Wildman–Crippen LogP) is 3.84. The molecule has 0 N–H and O–H groups in total. The first-order chi connectivity index (χ1) is 12.7. The fourth-order valence-electron chi connectivity index (χ4n) is 2.89. The summed E-state index contributed by atoms with van der Waals surface area (Å²) in [7, 11) is 0. The van der Waals surface area contributed by atoms with E-state index in [0.717, 1.165) is 5.69 Å². The lowest BCUT2D eigenvalue weighted by Crippen LogP contribution is -2.15. The van der Waals surface area contributed by atoms with E-state index in [1.54, 1.807) is 18.2 Å². The number of ether oxygens (including phenoxy) is 3. The molecule has 3 aromatic rings. The van der Waals surface area contributed by atoms with Gasteiger partial charge in [0, 0.05) is 29.2 Å². The predicted molar refractivity (Wildman–Crippen MR) is 91.6 cm³/mol. The number of carbonyl (C=O) groups excluding carboxylic acids is 1. The largest absolute Gasteiger partial charge is 0.467 e. The summed E-state index contributed by atoms with van der Waals surface area (Å²) in [4.78, 5) is 12.4. The number of esters is 1. The second-order valence-electron chi connectivity index (χ2n) is 5.88. The molecule has 0 saturated heterocycles. The Hall–Kier alpha value is -3.12. The quantitative estimate of drug-likeness (QED) is 0.669. The SMILES string of the molecule is O=C(OCc1cc(F)cc2c1OCOC2)c1cccc(-n2cccc2)c1. The smallest absolute Gasteiger partial charge is 0.338 e. The first-order valence-corrected chi connectivity index (χ1v) is 8.13. The molecule has 2 heterocycles. The summed E-state index contributed by atoms with van der Waals surface area (Å²) in [5, 5.41) is 0. The van der Waals surface area contributed by atoms with E-state index >= 15 is 0 Å². The maximum atomic E-state index is 13.8. The molecular formula is C20H16FNO4. The zero-order valence-electron chi connectivity index (χ0n) is 13.9. The van der Waals surface area contributed by atoms with Crippen molar-refractivity contribution in [2.24, 2.45) is 0 Å². The number of hydrogen-bond acceptors (Lipinski definition) is 4. The van der Waals surface area contributed by atoms with E-state index < -0.39 is 11.8 Å². The maximum Gasteiger partial charge on any atom is 0.338 e. The fourth-order valence-corrected chi connectivity index (χ4v) is 2.89. The highest BCUT2D eigenvalue weighted by atomic mass is 19.1. The zero-order chi connectivity index (χ0) is 17.9. The molecule has 0 spiro atoms. The van der Waals surface area contributed by atoms with Gasteiger partial charge in [0.15, 0.2) is 6.79 Å². The lowest BCUT2D eigenvalue weighted by Gasteiger charge is -2.20. The Morgan fingerprint density at radius 3 is 2.85 bits per heavy atom. The van der Waals surface area contributed by atoms with E-state index in [9.17, 15) is 9.18 Å². The van der Waals surface area contributed by atoms with Crippen LogP contribution in [0.15, 0.2) is 60.9 Å². The second-order valence-corrected chi connectivity index (χ2v) is 5.88. The van der Waals surface area contributed by atoms with Gasteiger partial charge >= 0.3 is 5.97 Å². The Labute approximate surface area is 149 Å². The number of rotatable bonds is 4. The number of carbonyl (C=O) groups is 1. The fraction of sp³-hybridized carbons (Fsp3) is 0.150. The van der Waals surface area contributed by atoms with Gasteiger partial charge in [0.2, 0.25) is 0 Å². The summed E-state index contributed by atoms with van der Waals surface area (Å²) in [6.07, 6.45) is 3.78. The third-order valence-corrected chi connectivity index (χ3v) is 4.09. The standard InChI is InChI=1S/C20H16FNO4/c21-17-8-15-11-24-13-26-19(15)16(9-17)12-25-20(23)14-4-3-5-18(10-14)22-6-1-2-7-22/h1-10H,11-13H2. The molecule has 0 radical (unpaired) electrons. The van der Waals surface area contributed by atoms with Crippen LogP contribution in [-0.2, 0) is 22.7 Å². The Balaban J connectivity index is 1.51. The van der Waals surface area contributed by atoms with Crippen molar-refractivity contribution in [1.29, 1.82) is 0 Å². The van der Waals surface area contributed by atoms with Gasteiger partial charge in [-0.25, -0.2) is 9.18 Å². The molecule has 0 saturated carbocycles. The van der Waals surface area contributed by atoms with Crippen LogP contribution in [0, 0.1) is 5.82 Å². The molecule has 0 atom stereocenters. The molecule has 1 aromatic heterocycles. The van der Waals surface area contributed by atoms with Crippen LogP contribution < -0.4 is 4.74 Å². The van der Waals surface area contributed by atoms with E-state index in [1.165, 1.54) is 12.1 Å². The molecule has 132 valence electrons. The summed E-state index contributed by atoms with van der Waals surface area (Å²) < 4.78 is 31.6. The molecular weight excluding hydrogens is 337 g/mol. The third-order valence-electron chi connectivity index (χ3n) is 4.09. The van der Waals surface area contributed by atoms with Crippen molar-refractivity contribution in [3.05, 3.63) is 83.4 Å². The molecule has 6 heteroatoms. The molecule has 0 aliphatic carbocycles. The summed E-state index contributed by atoms with van der Waals surface area (Å²) in [5.74, 6) is -0.380. The van der Waals surface area contributed by atoms with E-state index in [0.29, 0.717) is 22.4 Å². The van der Waals surface area contributed by atoms with Gasteiger partial charge < -0.3 is 18.8 Å². The minimum atomic E-state index is -0.482. The highest BCUT2D eigenvalue weighted by Crippen LogP contribution is 2.30. The van der Waals surface area contributed by atoms with E-state index in [2.05, 4.69) is 0 Å². The molecule has 0 fully saturated rings. The normalized spacial score (nSPS) is 13.0. The molecule has 0 bridgehead atoms. The lowest BCUT2D eigenvalue weighted by atomic mass is 10.1. The first kappa shape index (κ1) is 16.4. The number of fused-ring (bicyclic) bond motifs is 1. The van der Waals surface area contributed by atoms with Crippen molar-refractivity contribution in [1.82, 2.24) is 4.57 Å². The van der Waals surface area contributed by atoms with Gasteiger partial charge in [-0.2, -0.15) is 0 Å². The van der Waals surface area contributed by atoms with Gasteiger partial charge in [-0.05, 0) is 42.5 Å². The maximum absolute atomic E-state index is 13.8. The van der Waals surface area contributed by atoms with Gasteiger partial charge in [-0.3, -0.25) is 0 Å². The number of nitrogens with zero attached hydrogens (tertiary/aromatic N) is 1. The van der Waals surface area contributed by atoms with Crippen molar-refractivity contribution in [2.45, 2.75) is 13.2 Å². The van der Waals surface area contributed by atoms with E-state index in [1.807, 2.05) is 35.2 Å². The zero-order valence-corrected chi connectivity index (χ0v) is 13.9. The van der Waals surface area contributed by atoms with Crippen LogP contribution in [0.2, 0.25) is 0 Å². The van der Waals surface area contributed by atoms with Gasteiger partial charge in [0.05, 0.1) is 12.2 Å². The van der Waals surface area contributed by atoms with Gasteiger partial charge in [-0.15, -0.1) is 0 Å². The molecule has 26 heavy (non-hydrogen) atoms. The van der Waals surface area contributed by atoms with Gasteiger partial charge in [0.25, 0.3) is 0 Å². The number of hydrogen-bond donors (Lipinski definition) is 0. The Morgan fingerprint density at radius 1 is 1.15 bits per heavy atom. The average molecular weight is 353 g/mol. The molecule has 4 rings (SSSR count). The van der Waals surface area contributed by atoms with Crippen molar-refractivity contribution in [3.63, 3.8) is 0 Å². The van der Waals surface area contributed by atoms with Crippen LogP contribution in [0.3, 0.4) is 0 Å². The monoisotopic (exact) mass is 353 g/mol. The molecule has 0 unspecified atom stereocenters.